The summed E-state index contributed by atoms with van der Waals surface area (Å²) in [4.78, 5) is 10.6. The molecule has 6 heteroatoms. The van der Waals surface area contributed by atoms with E-state index in [-0.39, 0.29) is 16.7 Å². The molecular formula is C11H15IN2O3. The third-order valence-corrected chi connectivity index (χ3v) is 3.05. The lowest BCUT2D eigenvalue weighted by molar-refractivity contribution is -0.384. The maximum absolute atomic E-state index is 10.9. The molecule has 0 fully saturated rings. The number of methoxy groups -OCH3 is 1. The lowest BCUT2D eigenvalue weighted by Crippen LogP contribution is -2.24. The maximum atomic E-state index is 10.9. The van der Waals surface area contributed by atoms with Crippen molar-refractivity contribution in [3.05, 3.63) is 31.9 Å². The van der Waals surface area contributed by atoms with Gasteiger partial charge in [-0.25, -0.2) is 0 Å². The third kappa shape index (κ3) is 4.12. The molecule has 17 heavy (non-hydrogen) atoms. The van der Waals surface area contributed by atoms with Gasteiger partial charge in [0.2, 0.25) is 0 Å². The Hall–Kier alpha value is -0.890. The first-order valence-electron chi connectivity index (χ1n) is 5.27. The van der Waals surface area contributed by atoms with E-state index in [9.17, 15) is 10.1 Å². The van der Waals surface area contributed by atoms with E-state index in [0.29, 0.717) is 12.3 Å². The number of nitrogens with zero attached hydrogens (tertiary/aromatic N) is 1. The second kappa shape index (κ2) is 6.75. The standard InChI is InChI=1S/C11H15IN2O3/c1-3-9(7-17-2)13-10-5-4-8(12)6-11(10)14(15)16/h4-6,9,13H,3,7H2,1-2H3. The molecule has 94 valence electrons. The molecule has 0 heterocycles. The van der Waals surface area contributed by atoms with Crippen LogP contribution in [0.5, 0.6) is 0 Å². The summed E-state index contributed by atoms with van der Waals surface area (Å²) in [5, 5.41) is 14.1. The molecule has 1 unspecified atom stereocenters. The van der Waals surface area contributed by atoms with E-state index >= 15 is 0 Å². The van der Waals surface area contributed by atoms with Crippen LogP contribution in [0, 0.1) is 13.7 Å². The van der Waals surface area contributed by atoms with Crippen LogP contribution in [0.3, 0.4) is 0 Å². The van der Waals surface area contributed by atoms with Crippen LogP contribution in [-0.4, -0.2) is 24.7 Å². The average molecular weight is 350 g/mol. The van der Waals surface area contributed by atoms with Gasteiger partial charge in [0, 0.05) is 22.8 Å². The predicted octanol–water partition coefficient (Wildman–Crippen LogP) is 3.04. The first-order chi connectivity index (χ1) is 8.08. The molecular weight excluding hydrogens is 335 g/mol. The Morgan fingerprint density at radius 3 is 2.82 bits per heavy atom. The zero-order chi connectivity index (χ0) is 12.8. The van der Waals surface area contributed by atoms with Crippen molar-refractivity contribution in [2.45, 2.75) is 19.4 Å². The van der Waals surface area contributed by atoms with E-state index in [1.54, 1.807) is 19.2 Å². The molecule has 5 nitrogen and oxygen atoms in total. The summed E-state index contributed by atoms with van der Waals surface area (Å²) in [7, 11) is 1.62. The monoisotopic (exact) mass is 350 g/mol. The number of hydrogen-bond donors (Lipinski definition) is 1. The van der Waals surface area contributed by atoms with Crippen LogP contribution in [0.2, 0.25) is 0 Å². The van der Waals surface area contributed by atoms with Crippen LogP contribution in [0.1, 0.15) is 13.3 Å². The van der Waals surface area contributed by atoms with Crippen LogP contribution in [-0.2, 0) is 4.74 Å². The Kier molecular flexibility index (Phi) is 5.63. The highest BCUT2D eigenvalue weighted by Crippen LogP contribution is 2.27. The number of hydrogen-bond acceptors (Lipinski definition) is 4. The highest BCUT2D eigenvalue weighted by atomic mass is 127. The number of anilines is 1. The van der Waals surface area contributed by atoms with Gasteiger partial charge in [-0.15, -0.1) is 0 Å². The molecule has 0 amide bonds. The van der Waals surface area contributed by atoms with Gasteiger partial charge in [0.25, 0.3) is 5.69 Å². The van der Waals surface area contributed by atoms with Crippen LogP contribution in [0.15, 0.2) is 18.2 Å². The number of benzene rings is 1. The highest BCUT2D eigenvalue weighted by Gasteiger charge is 2.16. The van der Waals surface area contributed by atoms with Gasteiger partial charge >= 0.3 is 0 Å². The van der Waals surface area contributed by atoms with Gasteiger partial charge in [0.05, 0.1) is 11.5 Å². The van der Waals surface area contributed by atoms with Gasteiger partial charge in [-0.05, 0) is 41.1 Å². The summed E-state index contributed by atoms with van der Waals surface area (Å²) < 4.78 is 5.90. The predicted molar refractivity (Wildman–Crippen MR) is 75.4 cm³/mol. The fourth-order valence-electron chi connectivity index (χ4n) is 1.46. The normalized spacial score (nSPS) is 12.2. The zero-order valence-electron chi connectivity index (χ0n) is 9.77. The van der Waals surface area contributed by atoms with Crippen LogP contribution < -0.4 is 5.32 Å². The van der Waals surface area contributed by atoms with Gasteiger partial charge < -0.3 is 10.1 Å². The summed E-state index contributed by atoms with van der Waals surface area (Å²) in [5.41, 5.74) is 0.644. The molecule has 0 aliphatic carbocycles. The van der Waals surface area contributed by atoms with E-state index in [0.717, 1.165) is 9.99 Å². The number of rotatable bonds is 6. The molecule has 0 aliphatic rings. The number of nitro benzene ring substituents is 1. The van der Waals surface area contributed by atoms with Crippen LogP contribution in [0.4, 0.5) is 11.4 Å². The molecule has 1 aromatic carbocycles. The van der Waals surface area contributed by atoms with Gasteiger partial charge in [-0.2, -0.15) is 0 Å². The van der Waals surface area contributed by atoms with Gasteiger partial charge in [0.1, 0.15) is 5.69 Å². The lowest BCUT2D eigenvalue weighted by atomic mass is 10.2. The second-order valence-electron chi connectivity index (χ2n) is 3.62. The van der Waals surface area contributed by atoms with E-state index in [1.165, 1.54) is 0 Å². The number of halogens is 1. The van der Waals surface area contributed by atoms with Gasteiger partial charge in [-0.1, -0.05) is 6.92 Å². The van der Waals surface area contributed by atoms with Crippen molar-refractivity contribution < 1.29 is 9.66 Å². The molecule has 0 radical (unpaired) electrons. The van der Waals surface area contributed by atoms with E-state index < -0.39 is 0 Å². The summed E-state index contributed by atoms with van der Waals surface area (Å²) in [6.07, 6.45) is 0.844. The van der Waals surface area contributed by atoms with E-state index in [4.69, 9.17) is 4.74 Å². The van der Waals surface area contributed by atoms with Gasteiger partial charge in [0.15, 0.2) is 0 Å². The zero-order valence-corrected chi connectivity index (χ0v) is 11.9. The van der Waals surface area contributed by atoms with Crippen LogP contribution in [0.25, 0.3) is 0 Å². The Morgan fingerprint density at radius 2 is 2.29 bits per heavy atom. The Bertz CT molecular complexity index is 398. The van der Waals surface area contributed by atoms with Crippen molar-refractivity contribution in [2.24, 2.45) is 0 Å². The highest BCUT2D eigenvalue weighted by molar-refractivity contribution is 14.1. The largest absolute Gasteiger partial charge is 0.383 e. The molecule has 0 aliphatic heterocycles. The molecule has 0 bridgehead atoms. The molecule has 1 N–H and O–H groups in total. The molecule has 0 saturated carbocycles. The van der Waals surface area contributed by atoms with E-state index in [2.05, 4.69) is 27.9 Å². The minimum Gasteiger partial charge on any atom is -0.383 e. The molecule has 1 atom stereocenters. The van der Waals surface area contributed by atoms with Crippen LogP contribution >= 0.6 is 22.6 Å². The summed E-state index contributed by atoms with van der Waals surface area (Å²) in [6.45, 7) is 2.54. The molecule has 0 spiro atoms. The summed E-state index contributed by atoms with van der Waals surface area (Å²) >= 11 is 2.06. The molecule has 0 saturated heterocycles. The average Bonchev–Trinajstić information content (AvgIpc) is 2.30. The third-order valence-electron chi connectivity index (χ3n) is 2.38. The van der Waals surface area contributed by atoms with Crippen molar-refractivity contribution in [3.8, 4) is 0 Å². The smallest absolute Gasteiger partial charge is 0.293 e. The van der Waals surface area contributed by atoms with Crippen molar-refractivity contribution in [2.75, 3.05) is 19.0 Å². The minimum absolute atomic E-state index is 0.0822. The van der Waals surface area contributed by atoms with E-state index in [1.807, 2.05) is 13.0 Å². The first kappa shape index (κ1) is 14.2. The second-order valence-corrected chi connectivity index (χ2v) is 4.87. The van der Waals surface area contributed by atoms with Crippen molar-refractivity contribution in [1.82, 2.24) is 0 Å². The fourth-order valence-corrected chi connectivity index (χ4v) is 1.94. The minimum atomic E-state index is -0.371. The fraction of sp³-hybridized carbons (Fsp3) is 0.455. The Labute approximate surface area is 114 Å². The maximum Gasteiger partial charge on any atom is 0.293 e. The van der Waals surface area contributed by atoms with Crippen molar-refractivity contribution >= 4 is 34.0 Å². The van der Waals surface area contributed by atoms with Crippen molar-refractivity contribution in [3.63, 3.8) is 0 Å². The molecule has 0 aromatic heterocycles. The lowest BCUT2D eigenvalue weighted by Gasteiger charge is -2.17. The van der Waals surface area contributed by atoms with Crippen molar-refractivity contribution in [1.29, 1.82) is 0 Å². The Morgan fingerprint density at radius 1 is 1.59 bits per heavy atom. The number of nitrogens with one attached hydrogen (secondary N) is 1. The summed E-state index contributed by atoms with van der Waals surface area (Å²) in [5.74, 6) is 0. The number of nitro groups is 1. The summed E-state index contributed by atoms with van der Waals surface area (Å²) in [6, 6.07) is 5.22. The quantitative estimate of drug-likeness (QED) is 0.487. The number of ether oxygens (including phenoxy) is 1. The SMILES string of the molecule is CCC(COC)Nc1ccc(I)cc1[N+](=O)[O-]. The molecule has 1 rings (SSSR count). The molecule has 1 aromatic rings. The first-order valence-corrected chi connectivity index (χ1v) is 6.35. The van der Waals surface area contributed by atoms with Gasteiger partial charge in [-0.3, -0.25) is 10.1 Å². The Balaban J connectivity index is 2.92. The topological polar surface area (TPSA) is 64.4 Å².